The first-order chi connectivity index (χ1) is 19.0. The zero-order valence-electron chi connectivity index (χ0n) is 25.8. The van der Waals surface area contributed by atoms with Gasteiger partial charge in [0.2, 0.25) is 5.91 Å². The molecule has 0 aromatic heterocycles. The highest BCUT2D eigenvalue weighted by Crippen LogP contribution is 2.24. The number of hydrogen-bond acceptors (Lipinski definition) is 4. The Kier molecular flexibility index (Phi) is 11.9. The molecule has 0 saturated heterocycles. The molecule has 1 aliphatic rings. The summed E-state index contributed by atoms with van der Waals surface area (Å²) >= 11 is 0. The van der Waals surface area contributed by atoms with E-state index in [2.05, 4.69) is 106 Å². The zero-order chi connectivity index (χ0) is 29.1. The van der Waals surface area contributed by atoms with E-state index in [1.165, 1.54) is 12.0 Å². The molecule has 40 heavy (non-hydrogen) atoms. The van der Waals surface area contributed by atoms with E-state index >= 15 is 0 Å². The van der Waals surface area contributed by atoms with Gasteiger partial charge >= 0.3 is 0 Å². The maximum Gasteiger partial charge on any atom is 0.237 e. The number of carbonyl (C=O) groups is 1. The number of carbonyl (C=O) groups excluding carboxylic acids is 1. The molecule has 2 aromatic rings. The minimum atomic E-state index is -0.423. The minimum Gasteiger partial charge on any atom is -0.489 e. The first kappa shape index (κ1) is 31.5. The number of rotatable bonds is 14. The van der Waals surface area contributed by atoms with Crippen molar-refractivity contribution in [1.29, 1.82) is 0 Å². The van der Waals surface area contributed by atoms with Gasteiger partial charge in [-0.25, -0.2) is 0 Å². The van der Waals surface area contributed by atoms with Crippen LogP contribution in [0.15, 0.2) is 78.4 Å². The average Bonchev–Trinajstić information content (AvgIpc) is 2.93. The third kappa shape index (κ3) is 10.2. The first-order valence-corrected chi connectivity index (χ1v) is 14.9. The summed E-state index contributed by atoms with van der Waals surface area (Å²) in [6.45, 7) is 14.9. The summed E-state index contributed by atoms with van der Waals surface area (Å²) in [5.41, 5.74) is 3.10. The average molecular weight is 546 g/mol. The lowest BCUT2D eigenvalue weighted by molar-refractivity contribution is -0.128. The third-order valence-corrected chi connectivity index (χ3v) is 7.46. The molecule has 0 fully saturated rings. The normalized spacial score (nSPS) is 16.1. The van der Waals surface area contributed by atoms with Crippen LogP contribution in [0.5, 0.6) is 5.75 Å². The third-order valence-electron chi connectivity index (χ3n) is 7.46. The number of likely N-dealkylation sites (N-methyl/N-ethyl adjacent to an activating group) is 1. The van der Waals surface area contributed by atoms with Crippen LogP contribution in [0.25, 0.3) is 0 Å². The van der Waals surface area contributed by atoms with Gasteiger partial charge in [0.05, 0.1) is 11.6 Å². The molecule has 0 spiro atoms. The van der Waals surface area contributed by atoms with Crippen molar-refractivity contribution in [2.45, 2.75) is 91.5 Å². The Morgan fingerprint density at radius 2 is 1.80 bits per heavy atom. The lowest BCUT2D eigenvalue weighted by atomic mass is 9.95. The molecule has 0 radical (unpaired) electrons. The van der Waals surface area contributed by atoms with E-state index in [9.17, 15) is 4.79 Å². The Morgan fingerprint density at radius 3 is 2.40 bits per heavy atom. The molecule has 2 atom stereocenters. The SMILES string of the molecule is CC(C)=CCN(CC(C)(C)NC(=O)[C@H](CC(C)C)N(C)C1C=CCCC1)c1ccc(OCc2ccccc2)cc1. The van der Waals surface area contributed by atoms with E-state index in [1.807, 2.05) is 30.3 Å². The molecular formula is C35H51N3O2. The first-order valence-electron chi connectivity index (χ1n) is 14.9. The number of nitrogens with one attached hydrogen (secondary N) is 1. The molecule has 1 aliphatic carbocycles. The summed E-state index contributed by atoms with van der Waals surface area (Å²) in [6.07, 6.45) is 11.1. The van der Waals surface area contributed by atoms with Gasteiger partial charge in [0.1, 0.15) is 12.4 Å². The van der Waals surface area contributed by atoms with Crippen LogP contribution in [0.3, 0.4) is 0 Å². The summed E-state index contributed by atoms with van der Waals surface area (Å²) < 4.78 is 6.01. The molecule has 0 aliphatic heterocycles. The standard InChI is InChI=1S/C35H51N3O2/c1-27(2)22-23-38(31-18-20-32(21-19-31)40-25-29-14-10-8-11-15-29)26-35(5,6)36-34(39)33(24-28(3)4)37(7)30-16-12-9-13-17-30/h8,10-12,14-16,18-22,28,30,33H,9,13,17,23-26H2,1-7H3,(H,36,39)/t30?,33-/m0/s1. The highest BCUT2D eigenvalue weighted by Gasteiger charge is 2.32. The Morgan fingerprint density at radius 1 is 1.10 bits per heavy atom. The van der Waals surface area contributed by atoms with Crippen molar-refractivity contribution < 1.29 is 9.53 Å². The van der Waals surface area contributed by atoms with E-state index in [0.29, 0.717) is 25.1 Å². The molecule has 5 heteroatoms. The lowest BCUT2D eigenvalue weighted by Gasteiger charge is -2.39. The second-order valence-corrected chi connectivity index (χ2v) is 12.5. The van der Waals surface area contributed by atoms with Crippen LogP contribution in [-0.4, -0.2) is 48.6 Å². The Labute approximate surface area is 243 Å². The van der Waals surface area contributed by atoms with E-state index in [-0.39, 0.29) is 11.9 Å². The van der Waals surface area contributed by atoms with Crippen molar-refractivity contribution in [3.8, 4) is 5.75 Å². The van der Waals surface area contributed by atoms with Gasteiger partial charge in [-0.3, -0.25) is 9.69 Å². The van der Waals surface area contributed by atoms with Crippen molar-refractivity contribution >= 4 is 11.6 Å². The predicted octanol–water partition coefficient (Wildman–Crippen LogP) is 7.39. The fraction of sp³-hybridized carbons (Fsp3) is 0.514. The van der Waals surface area contributed by atoms with Crippen molar-refractivity contribution in [2.24, 2.45) is 5.92 Å². The molecule has 5 nitrogen and oxygen atoms in total. The van der Waals surface area contributed by atoms with Gasteiger partial charge in [0.25, 0.3) is 0 Å². The van der Waals surface area contributed by atoms with Gasteiger partial charge in [0.15, 0.2) is 0 Å². The predicted molar refractivity (Wildman–Crippen MR) is 169 cm³/mol. The molecule has 218 valence electrons. The summed E-state index contributed by atoms with van der Waals surface area (Å²) in [6, 6.07) is 18.7. The van der Waals surface area contributed by atoms with Crippen molar-refractivity contribution in [3.63, 3.8) is 0 Å². The zero-order valence-corrected chi connectivity index (χ0v) is 25.8. The number of benzene rings is 2. The molecule has 1 N–H and O–H groups in total. The van der Waals surface area contributed by atoms with Crippen LogP contribution in [0.1, 0.15) is 72.8 Å². The van der Waals surface area contributed by atoms with E-state index in [1.54, 1.807) is 0 Å². The van der Waals surface area contributed by atoms with Gasteiger partial charge in [-0.1, -0.05) is 68.0 Å². The van der Waals surface area contributed by atoms with Crippen molar-refractivity contribution in [2.75, 3.05) is 25.0 Å². The molecular weight excluding hydrogens is 494 g/mol. The second-order valence-electron chi connectivity index (χ2n) is 12.5. The van der Waals surface area contributed by atoms with Crippen molar-refractivity contribution in [1.82, 2.24) is 10.2 Å². The summed E-state index contributed by atoms with van der Waals surface area (Å²) in [4.78, 5) is 18.4. The maximum atomic E-state index is 13.8. The highest BCUT2D eigenvalue weighted by atomic mass is 16.5. The summed E-state index contributed by atoms with van der Waals surface area (Å²) in [5.74, 6) is 1.40. The second kappa shape index (κ2) is 15.1. The van der Waals surface area contributed by atoms with Crippen LogP contribution < -0.4 is 15.0 Å². The summed E-state index contributed by atoms with van der Waals surface area (Å²) in [5, 5.41) is 3.43. The van der Waals surface area contributed by atoms with Crippen LogP contribution in [0, 0.1) is 5.92 Å². The number of ether oxygens (including phenoxy) is 1. The Balaban J connectivity index is 1.71. The smallest absolute Gasteiger partial charge is 0.237 e. The van der Waals surface area contributed by atoms with Gasteiger partial charge in [-0.05, 0) is 96.2 Å². The number of hydrogen-bond donors (Lipinski definition) is 1. The minimum absolute atomic E-state index is 0.118. The van der Waals surface area contributed by atoms with Gasteiger partial charge < -0.3 is 15.0 Å². The quantitative estimate of drug-likeness (QED) is 0.251. The number of anilines is 1. The van der Waals surface area contributed by atoms with Crippen LogP contribution >= 0.6 is 0 Å². The highest BCUT2D eigenvalue weighted by molar-refractivity contribution is 5.82. The fourth-order valence-corrected chi connectivity index (χ4v) is 5.25. The molecule has 1 unspecified atom stereocenters. The van der Waals surface area contributed by atoms with Crippen LogP contribution in [-0.2, 0) is 11.4 Å². The van der Waals surface area contributed by atoms with Crippen LogP contribution in [0.2, 0.25) is 0 Å². The van der Waals surface area contributed by atoms with E-state index in [0.717, 1.165) is 42.8 Å². The molecule has 2 aromatic carbocycles. The maximum absolute atomic E-state index is 13.8. The van der Waals surface area contributed by atoms with Gasteiger partial charge in [0, 0.05) is 24.8 Å². The molecule has 0 saturated carbocycles. The molecule has 1 amide bonds. The van der Waals surface area contributed by atoms with Gasteiger partial charge in [-0.15, -0.1) is 0 Å². The van der Waals surface area contributed by atoms with Crippen LogP contribution in [0.4, 0.5) is 5.69 Å². The van der Waals surface area contributed by atoms with E-state index < -0.39 is 5.54 Å². The monoisotopic (exact) mass is 545 g/mol. The van der Waals surface area contributed by atoms with E-state index in [4.69, 9.17) is 4.74 Å². The Hall–Kier alpha value is -3.05. The largest absolute Gasteiger partial charge is 0.489 e. The lowest BCUT2D eigenvalue weighted by Crippen LogP contribution is -2.58. The number of allylic oxidation sites excluding steroid dienone is 2. The number of nitrogens with zero attached hydrogens (tertiary/aromatic N) is 2. The fourth-order valence-electron chi connectivity index (χ4n) is 5.25. The Bertz CT molecular complexity index is 1100. The summed E-state index contributed by atoms with van der Waals surface area (Å²) in [7, 11) is 2.11. The van der Waals surface area contributed by atoms with Crippen molar-refractivity contribution in [3.05, 3.63) is 84.0 Å². The number of amides is 1. The topological polar surface area (TPSA) is 44.8 Å². The molecule has 0 bridgehead atoms. The molecule has 3 rings (SSSR count). The molecule has 0 heterocycles. The van der Waals surface area contributed by atoms with Gasteiger partial charge in [-0.2, -0.15) is 0 Å².